The van der Waals surface area contributed by atoms with Crippen molar-refractivity contribution < 1.29 is 14.3 Å². The van der Waals surface area contributed by atoms with Gasteiger partial charge >= 0.3 is 5.97 Å². The Morgan fingerprint density at radius 2 is 1.77 bits per heavy atom. The molecule has 22 heavy (non-hydrogen) atoms. The summed E-state index contributed by atoms with van der Waals surface area (Å²) in [6.45, 7) is 0.193. The van der Waals surface area contributed by atoms with Crippen molar-refractivity contribution in [1.29, 1.82) is 0 Å². The van der Waals surface area contributed by atoms with Gasteiger partial charge in [-0.05, 0) is 17.7 Å². The van der Waals surface area contributed by atoms with E-state index >= 15 is 0 Å². The fourth-order valence-corrected chi connectivity index (χ4v) is 2.57. The van der Waals surface area contributed by atoms with E-state index < -0.39 is 5.54 Å². The number of carbonyl (C=O) groups excluding carboxylic acids is 1. The van der Waals surface area contributed by atoms with Crippen LogP contribution in [0.3, 0.4) is 0 Å². The van der Waals surface area contributed by atoms with Crippen molar-refractivity contribution >= 4 is 11.9 Å². The Morgan fingerprint density at radius 1 is 1.14 bits per heavy atom. The van der Waals surface area contributed by atoms with Gasteiger partial charge in [0, 0.05) is 12.0 Å². The first kappa shape index (κ1) is 14.3. The molecule has 0 bridgehead atoms. The van der Waals surface area contributed by atoms with E-state index in [2.05, 4.69) is 4.99 Å². The molecule has 0 amide bonds. The lowest BCUT2D eigenvalue weighted by atomic mass is 9.92. The number of nitrogens with zero attached hydrogens (tertiary/aromatic N) is 1. The predicted octanol–water partition coefficient (Wildman–Crippen LogP) is 2.62. The first-order valence-corrected chi connectivity index (χ1v) is 7.14. The Hall–Kier alpha value is -2.62. The summed E-state index contributed by atoms with van der Waals surface area (Å²) in [6, 6.07) is 19.3. The van der Waals surface area contributed by atoms with Crippen LogP contribution in [-0.2, 0) is 20.7 Å². The lowest BCUT2D eigenvalue weighted by molar-refractivity contribution is -0.147. The normalized spacial score (nSPS) is 20.1. The van der Waals surface area contributed by atoms with Gasteiger partial charge in [-0.2, -0.15) is 0 Å². The standard InChI is InChI=1S/C18H17NO3/c1-21-17(20)18(12-14-8-4-2-5-9-14)13-22-16(19-18)15-10-6-3-7-11-15/h2-11H,12-13H2,1H3. The van der Waals surface area contributed by atoms with Gasteiger partial charge in [0.25, 0.3) is 0 Å². The summed E-state index contributed by atoms with van der Waals surface area (Å²) in [6.07, 6.45) is 0.455. The number of methoxy groups -OCH3 is 1. The van der Waals surface area contributed by atoms with Gasteiger partial charge in [0.15, 0.2) is 5.54 Å². The maximum atomic E-state index is 12.3. The molecule has 0 radical (unpaired) electrons. The summed E-state index contributed by atoms with van der Waals surface area (Å²) < 4.78 is 10.7. The molecule has 0 N–H and O–H groups in total. The highest BCUT2D eigenvalue weighted by Gasteiger charge is 2.45. The van der Waals surface area contributed by atoms with Crippen LogP contribution in [-0.4, -0.2) is 31.1 Å². The summed E-state index contributed by atoms with van der Waals surface area (Å²) in [5.41, 5.74) is 0.872. The van der Waals surface area contributed by atoms with E-state index in [9.17, 15) is 4.79 Å². The van der Waals surface area contributed by atoms with Gasteiger partial charge in [0.2, 0.25) is 5.90 Å². The summed E-state index contributed by atoms with van der Waals surface area (Å²) in [4.78, 5) is 16.9. The maximum Gasteiger partial charge on any atom is 0.337 e. The van der Waals surface area contributed by atoms with Crippen LogP contribution in [0.4, 0.5) is 0 Å². The zero-order chi connectivity index (χ0) is 15.4. The van der Waals surface area contributed by atoms with Crippen molar-refractivity contribution in [2.45, 2.75) is 12.0 Å². The number of aliphatic imine (C=N–C) groups is 1. The van der Waals surface area contributed by atoms with Crippen LogP contribution < -0.4 is 0 Å². The summed E-state index contributed by atoms with van der Waals surface area (Å²) in [5, 5.41) is 0. The van der Waals surface area contributed by atoms with E-state index in [-0.39, 0.29) is 12.6 Å². The minimum absolute atomic E-state index is 0.193. The fraction of sp³-hybridized carbons (Fsp3) is 0.222. The zero-order valence-corrected chi connectivity index (χ0v) is 12.4. The van der Waals surface area contributed by atoms with Gasteiger partial charge in [-0.15, -0.1) is 0 Å². The Balaban J connectivity index is 1.95. The molecule has 112 valence electrons. The second-order valence-corrected chi connectivity index (χ2v) is 5.26. The quantitative estimate of drug-likeness (QED) is 0.815. The minimum Gasteiger partial charge on any atom is -0.474 e. The minimum atomic E-state index is -1.01. The van der Waals surface area contributed by atoms with Crippen molar-refractivity contribution in [2.24, 2.45) is 4.99 Å². The highest BCUT2D eigenvalue weighted by Crippen LogP contribution is 2.27. The molecule has 0 spiro atoms. The van der Waals surface area contributed by atoms with Gasteiger partial charge in [-0.25, -0.2) is 9.79 Å². The third-order valence-electron chi connectivity index (χ3n) is 3.69. The van der Waals surface area contributed by atoms with Crippen LogP contribution >= 0.6 is 0 Å². The average molecular weight is 295 g/mol. The number of hydrogen-bond acceptors (Lipinski definition) is 4. The first-order valence-electron chi connectivity index (χ1n) is 7.14. The van der Waals surface area contributed by atoms with Crippen molar-refractivity contribution in [3.63, 3.8) is 0 Å². The van der Waals surface area contributed by atoms with Gasteiger partial charge in [-0.3, -0.25) is 0 Å². The van der Waals surface area contributed by atoms with E-state index in [1.807, 2.05) is 60.7 Å². The van der Waals surface area contributed by atoms with Gasteiger partial charge < -0.3 is 9.47 Å². The molecule has 0 aliphatic carbocycles. The molecule has 1 aliphatic heterocycles. The van der Waals surface area contributed by atoms with E-state index in [1.165, 1.54) is 7.11 Å². The van der Waals surface area contributed by atoms with Crippen LogP contribution in [0.5, 0.6) is 0 Å². The van der Waals surface area contributed by atoms with Gasteiger partial charge in [-0.1, -0.05) is 48.5 Å². The SMILES string of the molecule is COC(=O)C1(Cc2ccccc2)COC(c2ccccc2)=N1. The topological polar surface area (TPSA) is 47.9 Å². The highest BCUT2D eigenvalue weighted by molar-refractivity contribution is 5.99. The summed E-state index contributed by atoms with van der Waals surface area (Å²) in [7, 11) is 1.38. The number of carbonyl (C=O) groups is 1. The van der Waals surface area contributed by atoms with Crippen LogP contribution in [0.15, 0.2) is 65.7 Å². The molecule has 0 fully saturated rings. The zero-order valence-electron chi connectivity index (χ0n) is 12.4. The molecule has 0 aromatic heterocycles. The molecule has 1 unspecified atom stereocenters. The third kappa shape index (κ3) is 2.72. The van der Waals surface area contributed by atoms with Crippen molar-refractivity contribution in [3.8, 4) is 0 Å². The van der Waals surface area contributed by atoms with Crippen molar-refractivity contribution in [3.05, 3.63) is 71.8 Å². The van der Waals surface area contributed by atoms with Gasteiger partial charge in [0.1, 0.15) is 6.61 Å². The molecule has 2 aromatic rings. The van der Waals surface area contributed by atoms with Crippen LogP contribution in [0, 0.1) is 0 Å². The molecule has 2 aromatic carbocycles. The van der Waals surface area contributed by atoms with Crippen LogP contribution in [0.2, 0.25) is 0 Å². The molecule has 1 heterocycles. The summed E-state index contributed by atoms with van der Waals surface area (Å²) in [5.74, 6) is 0.115. The lowest BCUT2D eigenvalue weighted by Crippen LogP contribution is -2.41. The third-order valence-corrected chi connectivity index (χ3v) is 3.69. The Kier molecular flexibility index (Phi) is 3.92. The number of ether oxygens (including phenoxy) is 2. The smallest absolute Gasteiger partial charge is 0.337 e. The predicted molar refractivity (Wildman–Crippen MR) is 83.8 cm³/mol. The molecule has 0 saturated carbocycles. The Morgan fingerprint density at radius 3 is 2.41 bits per heavy atom. The molecular formula is C18H17NO3. The number of hydrogen-bond donors (Lipinski definition) is 0. The first-order chi connectivity index (χ1) is 10.7. The molecule has 3 rings (SSSR count). The molecule has 0 saturated heterocycles. The van der Waals surface area contributed by atoms with Crippen molar-refractivity contribution in [1.82, 2.24) is 0 Å². The number of benzene rings is 2. The second-order valence-electron chi connectivity index (χ2n) is 5.26. The van der Waals surface area contributed by atoms with E-state index in [0.29, 0.717) is 12.3 Å². The van der Waals surface area contributed by atoms with Crippen molar-refractivity contribution in [2.75, 3.05) is 13.7 Å². The Labute approximate surface area is 129 Å². The van der Waals surface area contributed by atoms with Crippen LogP contribution in [0.1, 0.15) is 11.1 Å². The largest absolute Gasteiger partial charge is 0.474 e. The number of esters is 1. The molecule has 1 aliphatic rings. The fourth-order valence-electron chi connectivity index (χ4n) is 2.57. The summed E-state index contributed by atoms with van der Waals surface area (Å²) >= 11 is 0. The number of rotatable bonds is 4. The molecule has 4 heteroatoms. The van der Waals surface area contributed by atoms with E-state index in [0.717, 1.165) is 11.1 Å². The van der Waals surface area contributed by atoms with Crippen LogP contribution in [0.25, 0.3) is 0 Å². The monoisotopic (exact) mass is 295 g/mol. The Bertz CT molecular complexity index is 682. The molecular weight excluding hydrogens is 278 g/mol. The van der Waals surface area contributed by atoms with Gasteiger partial charge in [0.05, 0.1) is 7.11 Å². The van der Waals surface area contributed by atoms with E-state index in [1.54, 1.807) is 0 Å². The molecule has 4 nitrogen and oxygen atoms in total. The highest BCUT2D eigenvalue weighted by atomic mass is 16.5. The lowest BCUT2D eigenvalue weighted by Gasteiger charge is -2.20. The maximum absolute atomic E-state index is 12.3. The second kappa shape index (κ2) is 6.02. The van der Waals surface area contributed by atoms with E-state index in [4.69, 9.17) is 9.47 Å². The molecule has 1 atom stereocenters. The average Bonchev–Trinajstić information content (AvgIpc) is 3.01.